The van der Waals surface area contributed by atoms with Crippen LogP contribution < -0.4 is 6.15 Å². The van der Waals surface area contributed by atoms with Gasteiger partial charge in [-0.05, 0) is 4.57 Å². The molecule has 0 fully saturated rings. The van der Waals surface area contributed by atoms with Crippen molar-refractivity contribution in [3.05, 3.63) is 0 Å². The van der Waals surface area contributed by atoms with Gasteiger partial charge in [0.15, 0.2) is 0 Å². The normalized spacial score (nSPS) is 8.80. The Kier molecular flexibility index (Phi) is 7.76. The molecule has 5 heavy (non-hydrogen) atoms. The summed E-state index contributed by atoms with van der Waals surface area (Å²) in [6, 6.07) is 0. The highest BCUT2D eigenvalue weighted by atomic mass is 35.7. The maximum atomic E-state index is 8.91. The highest BCUT2D eigenvalue weighted by Gasteiger charge is 1.95. The quantitative estimate of drug-likeness (QED) is 0.465. The third-order valence-electron chi connectivity index (χ3n) is 0. The maximum Gasteiger partial charge on any atom is 0.631 e. The number of halogens is 1. The Bertz CT molecular complexity index is 32.6. The average molecular weight is 116 g/mol. The van der Waals surface area contributed by atoms with E-state index >= 15 is 0 Å². The molecule has 0 aromatic heterocycles. The Morgan fingerprint density at radius 3 is 1.80 bits per heavy atom. The maximum absolute atomic E-state index is 8.91. The molecule has 0 amide bonds. The summed E-state index contributed by atoms with van der Waals surface area (Å²) in [5, 5.41) is 0. The van der Waals surface area contributed by atoms with Gasteiger partial charge >= 0.3 is 7.38 Å². The fourth-order valence-electron chi connectivity index (χ4n) is 0. The first-order chi connectivity index (χ1) is 1.73. The van der Waals surface area contributed by atoms with Crippen molar-refractivity contribution in [2.75, 3.05) is 0 Å². The predicted octanol–water partition coefficient (Wildman–Crippen LogP) is 1.04. The smallest absolute Gasteiger partial charge is 0.344 e. The summed E-state index contributed by atoms with van der Waals surface area (Å²) >= 11 is 4.34. The van der Waals surface area contributed by atoms with Gasteiger partial charge in [-0.1, -0.05) is 0 Å². The van der Waals surface area contributed by atoms with Gasteiger partial charge < -0.3 is 6.15 Å². The van der Waals surface area contributed by atoms with E-state index in [0.29, 0.717) is 0 Å². The average Bonchev–Trinajstić information content (AvgIpc) is 0.811. The Labute approximate surface area is 35.2 Å². The standard InChI is InChI=1S/ClO2P.H3N/c1-4(2)3;/h;1H3/p+1. The van der Waals surface area contributed by atoms with E-state index < -0.39 is 7.38 Å². The molecular formula is H4ClNO2P+. The molecule has 0 saturated heterocycles. The van der Waals surface area contributed by atoms with Gasteiger partial charge in [0.05, 0.1) is 0 Å². The van der Waals surface area contributed by atoms with E-state index in [0.717, 1.165) is 0 Å². The first kappa shape index (κ1) is 9.00. The summed E-state index contributed by atoms with van der Waals surface area (Å²) in [7, 11) is -2.40. The monoisotopic (exact) mass is 116 g/mol. The highest BCUT2D eigenvalue weighted by molar-refractivity contribution is 7.68. The molecule has 0 saturated carbocycles. The van der Waals surface area contributed by atoms with E-state index in [9.17, 15) is 0 Å². The Morgan fingerprint density at radius 1 is 1.80 bits per heavy atom. The summed E-state index contributed by atoms with van der Waals surface area (Å²) in [6.07, 6.45) is 0. The van der Waals surface area contributed by atoms with Crippen molar-refractivity contribution in [3.8, 4) is 0 Å². The molecule has 0 bridgehead atoms. The van der Waals surface area contributed by atoms with Gasteiger partial charge in [-0.2, -0.15) is 0 Å². The third kappa shape index (κ3) is 239. The van der Waals surface area contributed by atoms with E-state index in [-0.39, 0.29) is 6.15 Å². The molecule has 32 valence electrons. The number of hydrogen-bond acceptors (Lipinski definition) is 2. The molecule has 0 radical (unpaired) electrons. The van der Waals surface area contributed by atoms with Gasteiger partial charge in [-0.25, -0.2) is 0 Å². The van der Waals surface area contributed by atoms with E-state index in [4.69, 9.17) is 9.46 Å². The zero-order chi connectivity index (χ0) is 3.58. The minimum Gasteiger partial charge on any atom is -0.344 e. The summed E-state index contributed by atoms with van der Waals surface area (Å²) in [6.45, 7) is 0. The lowest BCUT2D eigenvalue weighted by Crippen LogP contribution is -1.21. The zero-order valence-corrected chi connectivity index (χ0v) is 4.04. The van der Waals surface area contributed by atoms with Crippen LogP contribution in [0.5, 0.6) is 0 Å². The van der Waals surface area contributed by atoms with E-state index in [1.54, 1.807) is 0 Å². The lowest BCUT2D eigenvalue weighted by atomic mass is 14.0. The van der Waals surface area contributed by atoms with Crippen molar-refractivity contribution in [1.29, 1.82) is 0 Å². The molecule has 3 nitrogen and oxygen atoms in total. The zero-order valence-electron chi connectivity index (χ0n) is 2.39. The van der Waals surface area contributed by atoms with Crippen LogP contribution in [0.25, 0.3) is 0 Å². The van der Waals surface area contributed by atoms with E-state index in [1.165, 1.54) is 0 Å². The Hall–Kier alpha value is 0.310. The van der Waals surface area contributed by atoms with Crippen LogP contribution in [0.3, 0.4) is 0 Å². The fraction of sp³-hybridized carbons (Fsp3) is 0. The predicted molar refractivity (Wildman–Crippen MR) is 20.7 cm³/mol. The van der Waals surface area contributed by atoms with Crippen molar-refractivity contribution in [3.63, 3.8) is 0 Å². The van der Waals surface area contributed by atoms with Crippen LogP contribution in [0.1, 0.15) is 0 Å². The molecular weight excluding hydrogens is 112 g/mol. The summed E-state index contributed by atoms with van der Waals surface area (Å²) in [5.41, 5.74) is 0. The van der Waals surface area contributed by atoms with Crippen molar-refractivity contribution in [2.24, 2.45) is 0 Å². The molecule has 0 heterocycles. The molecule has 0 aromatic carbocycles. The second-order valence-corrected chi connectivity index (χ2v) is 1.55. The van der Waals surface area contributed by atoms with Crippen molar-refractivity contribution in [2.45, 2.75) is 0 Å². The van der Waals surface area contributed by atoms with Crippen molar-refractivity contribution >= 4 is 18.6 Å². The highest BCUT2D eigenvalue weighted by Crippen LogP contribution is 2.17. The first-order valence-electron chi connectivity index (χ1n) is 0.552. The lowest BCUT2D eigenvalue weighted by molar-refractivity contribution is 0.518. The van der Waals surface area contributed by atoms with Crippen molar-refractivity contribution < 1.29 is 9.46 Å². The lowest BCUT2D eigenvalue weighted by Gasteiger charge is -1.29. The van der Waals surface area contributed by atoms with Crippen LogP contribution in [0.4, 0.5) is 0 Å². The minimum absolute atomic E-state index is 0. The molecule has 0 aliphatic carbocycles. The second-order valence-electron chi connectivity index (χ2n) is 0.226. The van der Waals surface area contributed by atoms with Crippen molar-refractivity contribution in [1.82, 2.24) is 6.15 Å². The molecule has 4 N–H and O–H groups in total. The minimum atomic E-state index is -2.40. The van der Waals surface area contributed by atoms with Crippen LogP contribution in [0.2, 0.25) is 0 Å². The van der Waals surface area contributed by atoms with Gasteiger partial charge in [0.1, 0.15) is 0 Å². The summed E-state index contributed by atoms with van der Waals surface area (Å²) in [4.78, 5) is 7.33. The van der Waals surface area contributed by atoms with E-state index in [1.807, 2.05) is 0 Å². The van der Waals surface area contributed by atoms with Crippen LogP contribution in [0, 0.1) is 0 Å². The van der Waals surface area contributed by atoms with Gasteiger partial charge in [0.2, 0.25) is 11.2 Å². The topological polar surface area (TPSA) is 72.3 Å². The first-order valence-corrected chi connectivity index (χ1v) is 2.67. The molecule has 0 spiro atoms. The molecule has 0 aliphatic heterocycles. The van der Waals surface area contributed by atoms with Gasteiger partial charge in [0.25, 0.3) is 0 Å². The van der Waals surface area contributed by atoms with Gasteiger partial charge in [-0.3, -0.25) is 0 Å². The molecule has 0 aliphatic rings. The summed E-state index contributed by atoms with van der Waals surface area (Å²) in [5.74, 6) is 0. The molecule has 1 unspecified atom stereocenters. The van der Waals surface area contributed by atoms with Crippen LogP contribution in [-0.4, -0.2) is 4.89 Å². The fourth-order valence-corrected chi connectivity index (χ4v) is 0. The molecule has 1 atom stereocenters. The number of hydrogen-bond donors (Lipinski definition) is 2. The largest absolute Gasteiger partial charge is 0.631 e. The molecule has 5 heteroatoms. The Morgan fingerprint density at radius 2 is 1.80 bits per heavy atom. The summed E-state index contributed by atoms with van der Waals surface area (Å²) < 4.78 is 8.91. The van der Waals surface area contributed by atoms with Crippen LogP contribution in [-0.2, 0) is 4.57 Å². The van der Waals surface area contributed by atoms with Gasteiger partial charge in [0, 0.05) is 0 Å². The van der Waals surface area contributed by atoms with Crippen LogP contribution >= 0.6 is 18.6 Å². The molecule has 0 rings (SSSR count). The van der Waals surface area contributed by atoms with E-state index in [2.05, 4.69) is 11.2 Å². The molecule has 0 aromatic rings. The third-order valence-corrected chi connectivity index (χ3v) is 0. The van der Waals surface area contributed by atoms with Crippen LogP contribution in [0.15, 0.2) is 0 Å². The van der Waals surface area contributed by atoms with Gasteiger partial charge in [-0.15, -0.1) is 4.89 Å². The SMILES string of the molecule is N.O=[P+](O)Cl. The Balaban J connectivity index is 0. The number of rotatable bonds is 0. The second kappa shape index (κ2) is 4.31.